The Balaban J connectivity index is 2.44. The highest BCUT2D eigenvalue weighted by molar-refractivity contribution is 6.32. The van der Waals surface area contributed by atoms with E-state index in [1.807, 2.05) is 6.92 Å². The topological polar surface area (TPSA) is 95.5 Å². The largest absolute Gasteiger partial charge is 0.449 e. The van der Waals surface area contributed by atoms with Crippen LogP contribution in [-0.2, 0) is 0 Å². The minimum atomic E-state index is -0.746. The van der Waals surface area contributed by atoms with Crippen molar-refractivity contribution >= 4 is 23.0 Å². The molecular formula is C13H9ClN2O5. The van der Waals surface area contributed by atoms with Gasteiger partial charge in [0.2, 0.25) is 5.75 Å². The standard InChI is InChI=1S/C13H9ClN2O5/c1-8-2-4-12(10(14)6-8)21-13-5-3-9(15(17)18)7-11(13)16(19)20/h2-7H,1H3. The number of aryl methyl sites for hydroxylation is 1. The van der Waals surface area contributed by atoms with Crippen LogP contribution in [0.4, 0.5) is 11.4 Å². The van der Waals surface area contributed by atoms with Crippen LogP contribution in [0.25, 0.3) is 0 Å². The van der Waals surface area contributed by atoms with Gasteiger partial charge in [0.05, 0.1) is 20.9 Å². The molecule has 2 aromatic rings. The van der Waals surface area contributed by atoms with Crippen LogP contribution in [0.1, 0.15) is 5.56 Å². The van der Waals surface area contributed by atoms with Gasteiger partial charge in [-0.3, -0.25) is 20.2 Å². The van der Waals surface area contributed by atoms with Crippen LogP contribution in [0.15, 0.2) is 36.4 Å². The monoisotopic (exact) mass is 308 g/mol. The maximum atomic E-state index is 11.0. The van der Waals surface area contributed by atoms with E-state index in [1.165, 1.54) is 6.07 Å². The lowest BCUT2D eigenvalue weighted by Gasteiger charge is -2.08. The highest BCUT2D eigenvalue weighted by atomic mass is 35.5. The fraction of sp³-hybridized carbons (Fsp3) is 0.0769. The summed E-state index contributed by atoms with van der Waals surface area (Å²) in [6, 6.07) is 8.10. The molecule has 0 aliphatic rings. The molecule has 0 aliphatic heterocycles. The molecule has 0 aliphatic carbocycles. The Kier molecular flexibility index (Phi) is 4.04. The molecule has 7 nitrogen and oxygen atoms in total. The summed E-state index contributed by atoms with van der Waals surface area (Å²) in [6.45, 7) is 1.84. The van der Waals surface area contributed by atoms with E-state index in [9.17, 15) is 20.2 Å². The van der Waals surface area contributed by atoms with Gasteiger partial charge in [0, 0.05) is 6.07 Å². The van der Waals surface area contributed by atoms with Crippen molar-refractivity contribution in [3.8, 4) is 11.5 Å². The molecule has 108 valence electrons. The summed E-state index contributed by atoms with van der Waals surface area (Å²) in [6.07, 6.45) is 0. The maximum Gasteiger partial charge on any atom is 0.318 e. The van der Waals surface area contributed by atoms with Crippen molar-refractivity contribution in [2.75, 3.05) is 0 Å². The number of benzene rings is 2. The minimum Gasteiger partial charge on any atom is -0.449 e. The second-order valence-corrected chi connectivity index (χ2v) is 4.61. The molecule has 0 saturated carbocycles. The summed E-state index contributed by atoms with van der Waals surface area (Å²) < 4.78 is 5.40. The van der Waals surface area contributed by atoms with Crippen molar-refractivity contribution in [1.29, 1.82) is 0 Å². The van der Waals surface area contributed by atoms with E-state index in [-0.39, 0.29) is 17.2 Å². The number of hydrogen-bond donors (Lipinski definition) is 0. The predicted octanol–water partition coefficient (Wildman–Crippen LogP) is 4.26. The third-order valence-corrected chi connectivity index (χ3v) is 2.95. The summed E-state index contributed by atoms with van der Waals surface area (Å²) in [4.78, 5) is 20.2. The highest BCUT2D eigenvalue weighted by Crippen LogP contribution is 2.37. The van der Waals surface area contributed by atoms with Crippen LogP contribution in [0.3, 0.4) is 0 Å². The zero-order valence-electron chi connectivity index (χ0n) is 10.8. The molecule has 0 atom stereocenters. The number of nitro benzene ring substituents is 2. The summed E-state index contributed by atoms with van der Waals surface area (Å²) in [5, 5.41) is 21.9. The number of rotatable bonds is 4. The van der Waals surface area contributed by atoms with Gasteiger partial charge in [0.15, 0.2) is 0 Å². The zero-order chi connectivity index (χ0) is 15.6. The van der Waals surface area contributed by atoms with Crippen molar-refractivity contribution in [3.63, 3.8) is 0 Å². The van der Waals surface area contributed by atoms with Gasteiger partial charge in [0.1, 0.15) is 5.75 Å². The Morgan fingerprint density at radius 1 is 1.00 bits per heavy atom. The third kappa shape index (κ3) is 3.26. The van der Waals surface area contributed by atoms with Crippen LogP contribution < -0.4 is 4.74 Å². The molecule has 2 aromatic carbocycles. The average molecular weight is 309 g/mol. The lowest BCUT2D eigenvalue weighted by Crippen LogP contribution is -1.96. The van der Waals surface area contributed by atoms with E-state index in [0.717, 1.165) is 17.7 Å². The summed E-state index contributed by atoms with van der Waals surface area (Å²) in [5.41, 5.74) is 0.0236. The van der Waals surface area contributed by atoms with Crippen molar-refractivity contribution in [1.82, 2.24) is 0 Å². The van der Waals surface area contributed by atoms with E-state index in [2.05, 4.69) is 0 Å². The molecule has 0 bridgehead atoms. The van der Waals surface area contributed by atoms with Crippen LogP contribution in [-0.4, -0.2) is 9.85 Å². The number of non-ortho nitro benzene ring substituents is 1. The Morgan fingerprint density at radius 2 is 1.67 bits per heavy atom. The van der Waals surface area contributed by atoms with Gasteiger partial charge in [-0.05, 0) is 30.7 Å². The first-order valence-corrected chi connectivity index (χ1v) is 6.13. The summed E-state index contributed by atoms with van der Waals surface area (Å²) in [7, 11) is 0. The first-order valence-electron chi connectivity index (χ1n) is 5.75. The van der Waals surface area contributed by atoms with Gasteiger partial charge in [-0.25, -0.2) is 0 Å². The molecule has 0 saturated heterocycles. The Hall–Kier alpha value is -2.67. The predicted molar refractivity (Wildman–Crippen MR) is 76.0 cm³/mol. The van der Waals surface area contributed by atoms with Gasteiger partial charge in [-0.15, -0.1) is 0 Å². The molecule has 0 N–H and O–H groups in total. The Bertz CT molecular complexity index is 732. The quantitative estimate of drug-likeness (QED) is 0.621. The second kappa shape index (κ2) is 5.76. The number of nitro groups is 2. The number of nitrogens with zero attached hydrogens (tertiary/aromatic N) is 2. The SMILES string of the molecule is Cc1ccc(Oc2ccc([N+](=O)[O-])cc2[N+](=O)[O-])c(Cl)c1. The van der Waals surface area contributed by atoms with Crippen LogP contribution in [0.2, 0.25) is 5.02 Å². The van der Waals surface area contributed by atoms with Crippen LogP contribution in [0, 0.1) is 27.2 Å². The molecule has 8 heteroatoms. The van der Waals surface area contributed by atoms with E-state index in [0.29, 0.717) is 5.02 Å². The van der Waals surface area contributed by atoms with E-state index in [4.69, 9.17) is 16.3 Å². The minimum absolute atomic E-state index is 0.114. The molecule has 0 radical (unpaired) electrons. The Labute approximate surface area is 124 Å². The molecule has 0 heterocycles. The average Bonchev–Trinajstić information content (AvgIpc) is 2.41. The third-order valence-electron chi connectivity index (χ3n) is 2.66. The van der Waals surface area contributed by atoms with Crippen molar-refractivity contribution in [3.05, 3.63) is 67.2 Å². The Morgan fingerprint density at radius 3 is 2.24 bits per heavy atom. The van der Waals surface area contributed by atoms with Crippen molar-refractivity contribution in [2.45, 2.75) is 6.92 Å². The van der Waals surface area contributed by atoms with Crippen LogP contribution >= 0.6 is 11.6 Å². The molecule has 0 amide bonds. The normalized spacial score (nSPS) is 10.2. The lowest BCUT2D eigenvalue weighted by molar-refractivity contribution is -0.394. The van der Waals surface area contributed by atoms with E-state index >= 15 is 0 Å². The number of hydrogen-bond acceptors (Lipinski definition) is 5. The fourth-order valence-corrected chi connectivity index (χ4v) is 1.93. The van der Waals surface area contributed by atoms with E-state index in [1.54, 1.807) is 18.2 Å². The molecule has 0 spiro atoms. The molecule has 0 unspecified atom stereocenters. The first-order chi connectivity index (χ1) is 9.88. The molecule has 0 fully saturated rings. The number of halogens is 1. The van der Waals surface area contributed by atoms with Gasteiger partial charge < -0.3 is 4.74 Å². The molecule has 0 aromatic heterocycles. The highest BCUT2D eigenvalue weighted by Gasteiger charge is 2.21. The molecule has 2 rings (SSSR count). The summed E-state index contributed by atoms with van der Waals surface area (Å²) >= 11 is 5.99. The van der Waals surface area contributed by atoms with Crippen molar-refractivity contribution in [2.24, 2.45) is 0 Å². The van der Waals surface area contributed by atoms with Gasteiger partial charge in [0.25, 0.3) is 5.69 Å². The zero-order valence-corrected chi connectivity index (χ0v) is 11.5. The number of ether oxygens (including phenoxy) is 1. The lowest BCUT2D eigenvalue weighted by atomic mass is 10.2. The van der Waals surface area contributed by atoms with Crippen LogP contribution in [0.5, 0.6) is 11.5 Å². The summed E-state index contributed by atoms with van der Waals surface area (Å²) in [5.74, 6) is 0.121. The maximum absolute atomic E-state index is 11.0. The fourth-order valence-electron chi connectivity index (χ4n) is 1.66. The van der Waals surface area contributed by atoms with E-state index < -0.39 is 15.5 Å². The van der Waals surface area contributed by atoms with Gasteiger partial charge in [-0.2, -0.15) is 0 Å². The molecule has 21 heavy (non-hydrogen) atoms. The molecular weight excluding hydrogens is 300 g/mol. The van der Waals surface area contributed by atoms with Gasteiger partial charge >= 0.3 is 5.69 Å². The van der Waals surface area contributed by atoms with Crippen molar-refractivity contribution < 1.29 is 14.6 Å². The first kappa shape index (κ1) is 14.7. The second-order valence-electron chi connectivity index (χ2n) is 4.20. The van der Waals surface area contributed by atoms with Gasteiger partial charge in [-0.1, -0.05) is 17.7 Å². The smallest absolute Gasteiger partial charge is 0.318 e.